The van der Waals surface area contributed by atoms with E-state index in [-0.39, 0.29) is 6.61 Å². The molecule has 0 aromatic heterocycles. The number of carbonyl (C=O) groups excluding carboxylic acids is 1. The summed E-state index contributed by atoms with van der Waals surface area (Å²) in [7, 11) is 0. The van der Waals surface area contributed by atoms with Crippen molar-refractivity contribution in [3.63, 3.8) is 0 Å². The molecule has 5 nitrogen and oxygen atoms in total. The first-order chi connectivity index (χ1) is 16.7. The van der Waals surface area contributed by atoms with Gasteiger partial charge in [-0.2, -0.15) is 0 Å². The number of esters is 1. The quantitative estimate of drug-likeness (QED) is 0.283. The van der Waals surface area contributed by atoms with E-state index in [4.69, 9.17) is 37.4 Å². The van der Waals surface area contributed by atoms with Crippen molar-refractivity contribution in [3.05, 3.63) is 94.0 Å². The SMILES string of the molecule is CCOc1ccc(N[C@H](c2ccccc2)[C@H](OCc2c(Cl)cccc2Cl)C(=O)OC(C)(C)C)cc1. The Morgan fingerprint density at radius 1 is 0.914 bits per heavy atom. The van der Waals surface area contributed by atoms with Gasteiger partial charge in [0.15, 0.2) is 6.10 Å². The van der Waals surface area contributed by atoms with Gasteiger partial charge in [0.25, 0.3) is 0 Å². The predicted octanol–water partition coefficient (Wildman–Crippen LogP) is 7.47. The highest BCUT2D eigenvalue weighted by Crippen LogP contribution is 2.31. The highest BCUT2D eigenvalue weighted by molar-refractivity contribution is 6.35. The maximum Gasteiger partial charge on any atom is 0.338 e. The molecule has 35 heavy (non-hydrogen) atoms. The third-order valence-electron chi connectivity index (χ3n) is 5.06. The van der Waals surface area contributed by atoms with Crippen molar-refractivity contribution in [2.75, 3.05) is 11.9 Å². The van der Waals surface area contributed by atoms with E-state index < -0.39 is 23.7 Å². The van der Waals surface area contributed by atoms with E-state index in [0.717, 1.165) is 17.0 Å². The molecule has 3 aromatic rings. The number of hydrogen-bond donors (Lipinski definition) is 1. The molecule has 3 aromatic carbocycles. The zero-order valence-corrected chi connectivity index (χ0v) is 21.9. The number of carbonyl (C=O) groups is 1. The molecular formula is C28H31Cl2NO4. The third-order valence-corrected chi connectivity index (χ3v) is 5.77. The van der Waals surface area contributed by atoms with Gasteiger partial charge in [-0.3, -0.25) is 0 Å². The van der Waals surface area contributed by atoms with Crippen LogP contribution >= 0.6 is 23.2 Å². The second kappa shape index (κ2) is 12.3. The number of benzene rings is 3. The molecule has 7 heteroatoms. The van der Waals surface area contributed by atoms with Crippen LogP contribution in [-0.4, -0.2) is 24.3 Å². The van der Waals surface area contributed by atoms with Crippen LogP contribution in [0.4, 0.5) is 5.69 Å². The van der Waals surface area contributed by atoms with Gasteiger partial charge in [0.1, 0.15) is 11.4 Å². The molecule has 0 heterocycles. The summed E-state index contributed by atoms with van der Waals surface area (Å²) in [6.45, 7) is 8.03. The van der Waals surface area contributed by atoms with Crippen LogP contribution in [0.5, 0.6) is 5.75 Å². The van der Waals surface area contributed by atoms with Gasteiger partial charge in [-0.05, 0) is 69.7 Å². The molecular weight excluding hydrogens is 485 g/mol. The Labute approximate surface area is 217 Å². The lowest BCUT2D eigenvalue weighted by Crippen LogP contribution is -2.40. The van der Waals surface area contributed by atoms with Gasteiger partial charge in [-0.25, -0.2) is 4.79 Å². The first-order valence-corrected chi connectivity index (χ1v) is 12.2. The fourth-order valence-electron chi connectivity index (χ4n) is 3.49. The first kappa shape index (κ1) is 26.9. The van der Waals surface area contributed by atoms with E-state index in [1.165, 1.54) is 0 Å². The molecule has 0 aliphatic rings. The third kappa shape index (κ3) is 7.89. The van der Waals surface area contributed by atoms with Crippen LogP contribution in [0.25, 0.3) is 0 Å². The molecule has 3 rings (SSSR count). The van der Waals surface area contributed by atoms with Crippen molar-refractivity contribution >= 4 is 34.9 Å². The minimum Gasteiger partial charge on any atom is -0.494 e. The van der Waals surface area contributed by atoms with Gasteiger partial charge < -0.3 is 19.5 Å². The van der Waals surface area contributed by atoms with E-state index >= 15 is 0 Å². The van der Waals surface area contributed by atoms with Crippen LogP contribution in [0.3, 0.4) is 0 Å². The molecule has 2 atom stereocenters. The second-order valence-electron chi connectivity index (χ2n) is 8.96. The predicted molar refractivity (Wildman–Crippen MR) is 141 cm³/mol. The molecule has 0 saturated carbocycles. The standard InChI is InChI=1S/C28H31Cl2NO4/c1-5-33-21-16-14-20(15-17-21)31-25(19-10-7-6-8-11-19)26(27(32)35-28(2,3)4)34-18-22-23(29)12-9-13-24(22)30/h6-17,25-26,31H,5,18H2,1-4H3/t25-,26+/m1/s1. The van der Waals surface area contributed by atoms with Gasteiger partial charge in [-0.15, -0.1) is 0 Å². The molecule has 0 saturated heterocycles. The maximum absolute atomic E-state index is 13.4. The lowest BCUT2D eigenvalue weighted by Gasteiger charge is -2.31. The molecule has 0 bridgehead atoms. The number of nitrogens with one attached hydrogen (secondary N) is 1. The Bertz CT molecular complexity index is 1080. The zero-order chi connectivity index (χ0) is 25.4. The summed E-state index contributed by atoms with van der Waals surface area (Å²) in [6.07, 6.45) is -0.990. The van der Waals surface area contributed by atoms with Gasteiger partial charge in [0.2, 0.25) is 0 Å². The Balaban J connectivity index is 1.96. The first-order valence-electron chi connectivity index (χ1n) is 11.5. The van der Waals surface area contributed by atoms with Crippen LogP contribution < -0.4 is 10.1 Å². The van der Waals surface area contributed by atoms with Crippen molar-refractivity contribution in [1.82, 2.24) is 0 Å². The van der Waals surface area contributed by atoms with Crippen molar-refractivity contribution in [3.8, 4) is 5.75 Å². The Morgan fingerprint density at radius 2 is 1.54 bits per heavy atom. The fraction of sp³-hybridized carbons (Fsp3) is 0.321. The van der Waals surface area contributed by atoms with Crippen molar-refractivity contribution < 1.29 is 19.0 Å². The topological polar surface area (TPSA) is 56.8 Å². The highest BCUT2D eigenvalue weighted by atomic mass is 35.5. The molecule has 0 spiro atoms. The van der Waals surface area contributed by atoms with Crippen LogP contribution in [0, 0.1) is 0 Å². The molecule has 0 unspecified atom stereocenters. The molecule has 0 aliphatic carbocycles. The number of rotatable bonds is 10. The summed E-state index contributed by atoms with van der Waals surface area (Å²) in [5.41, 5.74) is 1.58. The molecule has 0 radical (unpaired) electrons. The maximum atomic E-state index is 13.4. The summed E-state index contributed by atoms with van der Waals surface area (Å²) in [4.78, 5) is 13.4. The largest absolute Gasteiger partial charge is 0.494 e. The molecule has 0 fully saturated rings. The zero-order valence-electron chi connectivity index (χ0n) is 20.4. The number of ether oxygens (including phenoxy) is 3. The van der Waals surface area contributed by atoms with Gasteiger partial charge in [-0.1, -0.05) is 59.6 Å². The van der Waals surface area contributed by atoms with Crippen molar-refractivity contribution in [1.29, 1.82) is 0 Å². The van der Waals surface area contributed by atoms with E-state index in [0.29, 0.717) is 22.2 Å². The number of hydrogen-bond acceptors (Lipinski definition) is 5. The molecule has 0 aliphatic heterocycles. The summed E-state index contributed by atoms with van der Waals surface area (Å²) in [6, 6.07) is 21.9. The van der Waals surface area contributed by atoms with Gasteiger partial charge in [0.05, 0.1) is 19.3 Å². The van der Waals surface area contributed by atoms with Gasteiger partial charge in [0, 0.05) is 21.3 Å². The van der Waals surface area contributed by atoms with Gasteiger partial charge >= 0.3 is 5.97 Å². The smallest absolute Gasteiger partial charge is 0.338 e. The van der Waals surface area contributed by atoms with Crippen molar-refractivity contribution in [2.45, 2.75) is 52.0 Å². The van der Waals surface area contributed by atoms with E-state index in [2.05, 4.69) is 5.32 Å². The monoisotopic (exact) mass is 515 g/mol. The van der Waals surface area contributed by atoms with E-state index in [1.807, 2.05) is 82.3 Å². The highest BCUT2D eigenvalue weighted by Gasteiger charge is 2.35. The Morgan fingerprint density at radius 3 is 2.11 bits per heavy atom. The Kier molecular flexibility index (Phi) is 9.44. The second-order valence-corrected chi connectivity index (χ2v) is 9.77. The molecule has 1 N–H and O–H groups in total. The lowest BCUT2D eigenvalue weighted by atomic mass is 10.00. The summed E-state index contributed by atoms with van der Waals surface area (Å²) < 4.78 is 17.5. The van der Waals surface area contributed by atoms with Crippen LogP contribution in [0.1, 0.15) is 44.9 Å². The van der Waals surface area contributed by atoms with E-state index in [9.17, 15) is 4.79 Å². The Hall–Kier alpha value is -2.73. The molecule has 0 amide bonds. The number of anilines is 1. The van der Waals surface area contributed by atoms with E-state index in [1.54, 1.807) is 18.2 Å². The van der Waals surface area contributed by atoms with Crippen molar-refractivity contribution in [2.24, 2.45) is 0 Å². The average molecular weight is 516 g/mol. The normalized spacial score (nSPS) is 13.1. The summed E-state index contributed by atoms with van der Waals surface area (Å²) in [5.74, 6) is 0.274. The van der Waals surface area contributed by atoms with Crippen LogP contribution in [-0.2, 0) is 20.9 Å². The molecule has 186 valence electrons. The fourth-order valence-corrected chi connectivity index (χ4v) is 4.00. The summed E-state index contributed by atoms with van der Waals surface area (Å²) in [5, 5.41) is 4.39. The average Bonchev–Trinajstić information content (AvgIpc) is 2.81. The van der Waals surface area contributed by atoms with Crippen LogP contribution in [0.2, 0.25) is 10.0 Å². The van der Waals surface area contributed by atoms with Crippen LogP contribution in [0.15, 0.2) is 72.8 Å². The number of halogens is 2. The minimum absolute atomic E-state index is 0.0384. The summed E-state index contributed by atoms with van der Waals surface area (Å²) >= 11 is 12.7. The minimum atomic E-state index is -0.990. The lowest BCUT2D eigenvalue weighted by molar-refractivity contribution is -0.170.